The van der Waals surface area contributed by atoms with Crippen LogP contribution in [0, 0.1) is 0 Å². The largest absolute Gasteiger partial charge is 0.457 e. The van der Waals surface area contributed by atoms with E-state index in [0.29, 0.717) is 0 Å². The highest BCUT2D eigenvalue weighted by Crippen LogP contribution is 2.54. The maximum atomic E-state index is 13.0. The van der Waals surface area contributed by atoms with E-state index < -0.39 is 48.4 Å². The van der Waals surface area contributed by atoms with E-state index in [2.05, 4.69) is 0 Å². The molecule has 0 aliphatic heterocycles. The second-order valence-corrected chi connectivity index (χ2v) is 3.67. The molecule has 13 heteroatoms. The maximum Gasteiger partial charge on any atom is 0.457 e. The second-order valence-electron chi connectivity index (χ2n) is 3.67. The summed E-state index contributed by atoms with van der Waals surface area (Å²) in [5, 5.41) is 0. The summed E-state index contributed by atoms with van der Waals surface area (Å²) in [6.45, 7) is -0.728. The Balaban J connectivity index is 6.41. The van der Waals surface area contributed by atoms with Gasteiger partial charge in [0.2, 0.25) is 0 Å². The lowest BCUT2D eigenvalue weighted by atomic mass is 9.96. The molecule has 0 unspecified atom stereocenters. The third-order valence-corrected chi connectivity index (χ3v) is 2.24. The van der Waals surface area contributed by atoms with Crippen LogP contribution in [0.15, 0.2) is 11.4 Å². The van der Waals surface area contributed by atoms with Crippen LogP contribution >= 0.6 is 0 Å². The molecule has 0 atom stereocenters. The van der Waals surface area contributed by atoms with Gasteiger partial charge in [0.25, 0.3) is 0 Å². The molecule has 0 heterocycles. The smallest absolute Gasteiger partial charge is 0.215 e. The van der Waals surface area contributed by atoms with Crippen molar-refractivity contribution in [3.05, 3.63) is 11.4 Å². The summed E-state index contributed by atoms with van der Waals surface area (Å²) in [5.74, 6) is -10.7. The normalized spacial score (nSPS) is 16.9. The molecule has 0 nitrogen and oxygen atoms in total. The lowest BCUT2D eigenvalue weighted by Crippen LogP contribution is -2.55. The van der Waals surface area contributed by atoms with Gasteiger partial charge in [0.15, 0.2) is 5.83 Å². The fourth-order valence-electron chi connectivity index (χ4n) is 1.02. The predicted octanol–water partition coefficient (Wildman–Crippen LogP) is 5.26. The van der Waals surface area contributed by atoms with Crippen molar-refractivity contribution in [1.82, 2.24) is 0 Å². The van der Waals surface area contributed by atoms with Crippen LogP contribution in [0.5, 0.6) is 0 Å². The Morgan fingerprint density at radius 2 is 0.857 bits per heavy atom. The van der Waals surface area contributed by atoms with Gasteiger partial charge in [-0.1, -0.05) is 0 Å². The van der Waals surface area contributed by atoms with Crippen LogP contribution in [0.3, 0.4) is 0 Å². The van der Waals surface area contributed by atoms with Gasteiger partial charge in [-0.25, -0.2) is 8.78 Å². The quantitative estimate of drug-likeness (QED) is 0.599. The third kappa shape index (κ3) is 3.05. The molecule has 0 aromatic carbocycles. The molecule has 0 aliphatic rings. The Bertz CT molecular complexity index is 403. The number of rotatable bonds is 2. The fourth-order valence-corrected chi connectivity index (χ4v) is 1.02. The minimum atomic E-state index is -7.14. The molecule has 0 fully saturated rings. The summed E-state index contributed by atoms with van der Waals surface area (Å²) in [6, 6.07) is 0. The molecule has 0 radical (unpaired) electrons. The van der Waals surface area contributed by atoms with Crippen LogP contribution in [-0.2, 0) is 0 Å². The van der Waals surface area contributed by atoms with E-state index in [1.807, 2.05) is 0 Å². The topological polar surface area (TPSA) is 0 Å². The van der Waals surface area contributed by atoms with E-state index in [0.717, 1.165) is 0 Å². The zero-order valence-electron chi connectivity index (χ0n) is 9.41. The van der Waals surface area contributed by atoms with Crippen molar-refractivity contribution in [1.29, 1.82) is 0 Å². The van der Waals surface area contributed by atoms with Gasteiger partial charge in [0.1, 0.15) is 0 Å². The highest BCUT2D eigenvalue weighted by atomic mass is 19.4. The molecular weight excluding hydrogens is 343 g/mol. The first-order chi connectivity index (χ1) is 8.82. The summed E-state index contributed by atoms with van der Waals surface area (Å²) < 4.78 is 158. The van der Waals surface area contributed by atoms with Crippen LogP contribution < -0.4 is 0 Å². The van der Waals surface area contributed by atoms with Crippen molar-refractivity contribution >= 4 is 0 Å². The zero-order valence-corrected chi connectivity index (χ0v) is 9.41. The number of allylic oxidation sites excluding steroid dienone is 2. The van der Waals surface area contributed by atoms with Crippen molar-refractivity contribution in [2.24, 2.45) is 0 Å². The number of hydrogen-bond acceptors (Lipinski definition) is 0. The van der Waals surface area contributed by atoms with Crippen molar-refractivity contribution in [2.75, 3.05) is 0 Å². The first kappa shape index (κ1) is 19.8. The number of halogens is 13. The van der Waals surface area contributed by atoms with E-state index in [-0.39, 0.29) is 0 Å². The van der Waals surface area contributed by atoms with E-state index >= 15 is 0 Å². The van der Waals surface area contributed by atoms with Crippen LogP contribution in [-0.4, -0.2) is 30.1 Å². The summed E-state index contributed by atoms with van der Waals surface area (Å²) in [7, 11) is 0. The van der Waals surface area contributed by atoms with E-state index in [9.17, 15) is 57.1 Å². The predicted molar refractivity (Wildman–Crippen MR) is 40.8 cm³/mol. The third-order valence-electron chi connectivity index (χ3n) is 2.24. The molecule has 0 saturated carbocycles. The Hall–Kier alpha value is -1.17. The van der Waals surface area contributed by atoms with Gasteiger partial charge in [-0.05, 0) is 6.92 Å². The van der Waals surface area contributed by atoms with Gasteiger partial charge < -0.3 is 0 Å². The molecule has 0 amide bonds. The van der Waals surface area contributed by atoms with Crippen molar-refractivity contribution in [2.45, 2.75) is 37.0 Å². The zero-order chi connectivity index (χ0) is 17.7. The van der Waals surface area contributed by atoms with Gasteiger partial charge >= 0.3 is 30.1 Å². The van der Waals surface area contributed by atoms with Gasteiger partial charge in [-0.15, -0.1) is 0 Å². The average molecular weight is 346 g/mol. The Labute approximate surface area is 107 Å². The Morgan fingerprint density at radius 1 is 0.571 bits per heavy atom. The first-order valence-electron chi connectivity index (χ1n) is 4.46. The summed E-state index contributed by atoms with van der Waals surface area (Å²) in [5.41, 5.74) is -10.4. The average Bonchev–Trinajstić information content (AvgIpc) is 2.20. The fraction of sp³-hybridized carbons (Fsp3) is 0.750. The van der Waals surface area contributed by atoms with Crippen LogP contribution in [0.25, 0.3) is 0 Å². The van der Waals surface area contributed by atoms with E-state index in [1.54, 1.807) is 0 Å². The first-order valence-corrected chi connectivity index (χ1v) is 4.46. The maximum absolute atomic E-state index is 13.0. The molecule has 21 heavy (non-hydrogen) atoms. The Kier molecular flexibility index (Phi) is 4.66. The minimum absolute atomic E-state index is 0.728. The Morgan fingerprint density at radius 3 is 1.05 bits per heavy atom. The molecule has 0 spiro atoms. The standard InChI is InChI=1S/C8H3F13/c1-2(5(11,12)8(19,20)21)3(9)4(10,6(13,14)15)7(16,17)18/h1H3/b3-2-. The monoisotopic (exact) mass is 346 g/mol. The highest BCUT2D eigenvalue weighted by Gasteiger charge is 2.77. The molecule has 0 aromatic rings. The molecule has 0 aliphatic carbocycles. The summed E-state index contributed by atoms with van der Waals surface area (Å²) in [4.78, 5) is 0. The number of hydrogen-bond donors (Lipinski definition) is 0. The van der Waals surface area contributed by atoms with E-state index in [4.69, 9.17) is 0 Å². The molecule has 0 N–H and O–H groups in total. The van der Waals surface area contributed by atoms with Crippen LogP contribution in [0.1, 0.15) is 6.92 Å². The molecule has 0 aromatic heterocycles. The summed E-state index contributed by atoms with van der Waals surface area (Å²) >= 11 is 0. The minimum Gasteiger partial charge on any atom is -0.215 e. The van der Waals surface area contributed by atoms with Gasteiger partial charge in [-0.2, -0.15) is 48.3 Å². The SMILES string of the molecule is C/C(=C(/F)C(F)(C(F)(F)F)C(F)(F)F)C(F)(F)C(F)(F)F. The van der Waals surface area contributed by atoms with Crippen molar-refractivity contribution in [3.8, 4) is 0 Å². The van der Waals surface area contributed by atoms with Crippen molar-refractivity contribution in [3.63, 3.8) is 0 Å². The van der Waals surface area contributed by atoms with Gasteiger partial charge in [0, 0.05) is 5.57 Å². The van der Waals surface area contributed by atoms with Crippen LogP contribution in [0.2, 0.25) is 0 Å². The lowest BCUT2D eigenvalue weighted by molar-refractivity contribution is -0.333. The van der Waals surface area contributed by atoms with Gasteiger partial charge in [0.05, 0.1) is 0 Å². The molecule has 126 valence electrons. The summed E-state index contributed by atoms with van der Waals surface area (Å²) in [6.07, 6.45) is -21.0. The molecule has 0 rings (SSSR count). The second kappa shape index (κ2) is 4.93. The molecule has 0 saturated heterocycles. The van der Waals surface area contributed by atoms with Crippen LogP contribution in [0.4, 0.5) is 57.1 Å². The molecular formula is C8H3F13. The number of alkyl halides is 12. The molecule has 0 bridgehead atoms. The van der Waals surface area contributed by atoms with E-state index in [1.165, 1.54) is 0 Å². The van der Waals surface area contributed by atoms with Gasteiger partial charge in [-0.3, -0.25) is 0 Å². The van der Waals surface area contributed by atoms with Crippen molar-refractivity contribution < 1.29 is 57.1 Å². The highest BCUT2D eigenvalue weighted by molar-refractivity contribution is 5.28. The lowest BCUT2D eigenvalue weighted by Gasteiger charge is -2.31.